The molecule has 0 spiro atoms. The van der Waals surface area contributed by atoms with Crippen molar-refractivity contribution in [2.24, 2.45) is 11.8 Å². The molecule has 0 aliphatic rings. The number of nitrogens with one attached hydrogen (secondary N) is 2. The first-order valence-corrected chi connectivity index (χ1v) is 6.59. The maximum absolute atomic E-state index is 11.7. The van der Waals surface area contributed by atoms with Gasteiger partial charge in [0.25, 0.3) is 0 Å². The molecule has 0 bridgehead atoms. The van der Waals surface area contributed by atoms with Gasteiger partial charge >= 0.3 is 12.0 Å². The third kappa shape index (κ3) is 4.87. The second-order valence-electron chi connectivity index (χ2n) is 5.05. The molecular weight excluding hydrogens is 258 g/mol. The van der Waals surface area contributed by atoms with Gasteiger partial charge in [-0.25, -0.2) is 4.79 Å². The van der Waals surface area contributed by atoms with Gasteiger partial charge in [0.15, 0.2) is 0 Å². The summed E-state index contributed by atoms with van der Waals surface area (Å²) >= 11 is 0. The summed E-state index contributed by atoms with van der Waals surface area (Å²) in [5.74, 6) is -1.53. The molecule has 1 aromatic heterocycles. The van der Waals surface area contributed by atoms with Crippen molar-refractivity contribution in [1.82, 2.24) is 15.6 Å². The van der Waals surface area contributed by atoms with Crippen LogP contribution < -0.4 is 10.6 Å². The average Bonchev–Trinajstić information content (AvgIpc) is 2.39. The average molecular weight is 279 g/mol. The fraction of sp³-hybridized carbons (Fsp3) is 0.500. The van der Waals surface area contributed by atoms with Gasteiger partial charge < -0.3 is 15.7 Å². The van der Waals surface area contributed by atoms with Gasteiger partial charge in [-0.1, -0.05) is 19.9 Å². The molecule has 2 atom stereocenters. The van der Waals surface area contributed by atoms with Crippen LogP contribution >= 0.6 is 0 Å². The SMILES string of the molecule is CC(NC(=O)NCC(C(=O)O)C(C)C)c1cccnc1. The maximum Gasteiger partial charge on any atom is 0.315 e. The van der Waals surface area contributed by atoms with Crippen LogP contribution in [0.5, 0.6) is 0 Å². The number of carbonyl (C=O) groups excluding carboxylic acids is 1. The number of nitrogens with zero attached hydrogens (tertiary/aromatic N) is 1. The summed E-state index contributed by atoms with van der Waals surface area (Å²) < 4.78 is 0. The number of aliphatic carboxylic acids is 1. The smallest absolute Gasteiger partial charge is 0.315 e. The van der Waals surface area contributed by atoms with Gasteiger partial charge in [0, 0.05) is 18.9 Å². The summed E-state index contributed by atoms with van der Waals surface area (Å²) in [5.41, 5.74) is 0.890. The zero-order chi connectivity index (χ0) is 15.1. The van der Waals surface area contributed by atoms with Gasteiger partial charge in [-0.3, -0.25) is 9.78 Å². The van der Waals surface area contributed by atoms with Crippen LogP contribution in [0.3, 0.4) is 0 Å². The fourth-order valence-corrected chi connectivity index (χ4v) is 1.77. The highest BCUT2D eigenvalue weighted by atomic mass is 16.4. The van der Waals surface area contributed by atoms with Crippen LogP contribution in [0.1, 0.15) is 32.4 Å². The molecule has 2 amide bonds. The van der Waals surface area contributed by atoms with Crippen molar-refractivity contribution < 1.29 is 14.7 Å². The number of hydrogen-bond acceptors (Lipinski definition) is 3. The molecule has 0 aromatic carbocycles. The number of carboxylic acid groups (broad SMARTS) is 1. The third-order valence-electron chi connectivity index (χ3n) is 3.14. The molecule has 1 heterocycles. The molecule has 0 saturated heterocycles. The lowest BCUT2D eigenvalue weighted by molar-refractivity contribution is -0.142. The Bertz CT molecular complexity index is 448. The number of urea groups is 1. The number of hydrogen-bond donors (Lipinski definition) is 3. The minimum absolute atomic E-state index is 0.0384. The summed E-state index contributed by atoms with van der Waals surface area (Å²) in [4.78, 5) is 26.7. The van der Waals surface area contributed by atoms with Crippen LogP contribution in [0.4, 0.5) is 4.79 Å². The van der Waals surface area contributed by atoms with Gasteiger partial charge in [-0.2, -0.15) is 0 Å². The molecule has 20 heavy (non-hydrogen) atoms. The molecule has 3 N–H and O–H groups in total. The molecule has 0 radical (unpaired) electrons. The lowest BCUT2D eigenvalue weighted by atomic mass is 9.96. The van der Waals surface area contributed by atoms with E-state index >= 15 is 0 Å². The molecule has 6 nitrogen and oxygen atoms in total. The Morgan fingerprint density at radius 3 is 2.55 bits per heavy atom. The highest BCUT2D eigenvalue weighted by molar-refractivity contribution is 5.76. The van der Waals surface area contributed by atoms with Gasteiger partial charge in [0.05, 0.1) is 12.0 Å². The van der Waals surface area contributed by atoms with Crippen LogP contribution in [0.15, 0.2) is 24.5 Å². The molecule has 110 valence electrons. The Morgan fingerprint density at radius 1 is 1.35 bits per heavy atom. The predicted molar refractivity (Wildman–Crippen MR) is 75.2 cm³/mol. The molecule has 0 fully saturated rings. The van der Waals surface area contributed by atoms with E-state index in [0.29, 0.717) is 0 Å². The van der Waals surface area contributed by atoms with E-state index in [1.807, 2.05) is 26.8 Å². The lowest BCUT2D eigenvalue weighted by Crippen LogP contribution is -2.42. The minimum atomic E-state index is -0.902. The van der Waals surface area contributed by atoms with Crippen molar-refractivity contribution in [3.05, 3.63) is 30.1 Å². The van der Waals surface area contributed by atoms with Gasteiger partial charge in [-0.05, 0) is 24.5 Å². The largest absolute Gasteiger partial charge is 0.481 e. The number of carboxylic acids is 1. The van der Waals surface area contributed by atoms with E-state index in [0.717, 1.165) is 5.56 Å². The van der Waals surface area contributed by atoms with E-state index < -0.39 is 11.9 Å². The highest BCUT2D eigenvalue weighted by Gasteiger charge is 2.22. The number of amides is 2. The monoisotopic (exact) mass is 279 g/mol. The van der Waals surface area contributed by atoms with Crippen molar-refractivity contribution in [2.75, 3.05) is 6.54 Å². The van der Waals surface area contributed by atoms with Crippen molar-refractivity contribution in [3.63, 3.8) is 0 Å². The Kier molecular flexibility index (Phi) is 5.96. The van der Waals surface area contributed by atoms with Crippen molar-refractivity contribution in [3.8, 4) is 0 Å². The van der Waals surface area contributed by atoms with Crippen LogP contribution in [-0.2, 0) is 4.79 Å². The number of carbonyl (C=O) groups is 2. The minimum Gasteiger partial charge on any atom is -0.481 e. The van der Waals surface area contributed by atoms with E-state index in [1.165, 1.54) is 0 Å². The fourth-order valence-electron chi connectivity index (χ4n) is 1.77. The van der Waals surface area contributed by atoms with E-state index in [1.54, 1.807) is 18.5 Å². The van der Waals surface area contributed by atoms with E-state index in [9.17, 15) is 9.59 Å². The Balaban J connectivity index is 2.46. The lowest BCUT2D eigenvalue weighted by Gasteiger charge is -2.19. The number of aromatic nitrogens is 1. The van der Waals surface area contributed by atoms with Crippen LogP contribution in [0, 0.1) is 11.8 Å². The second kappa shape index (κ2) is 7.47. The normalized spacial score (nSPS) is 13.6. The summed E-state index contributed by atoms with van der Waals surface area (Å²) in [6, 6.07) is 3.09. The highest BCUT2D eigenvalue weighted by Crippen LogP contribution is 2.11. The topological polar surface area (TPSA) is 91.3 Å². The molecule has 1 rings (SSSR count). The van der Waals surface area contributed by atoms with Crippen molar-refractivity contribution >= 4 is 12.0 Å². The quantitative estimate of drug-likeness (QED) is 0.740. The maximum atomic E-state index is 11.7. The van der Waals surface area contributed by atoms with Crippen molar-refractivity contribution in [1.29, 1.82) is 0 Å². The molecular formula is C14H21N3O3. The first-order chi connectivity index (χ1) is 9.41. The first-order valence-electron chi connectivity index (χ1n) is 6.59. The zero-order valence-electron chi connectivity index (χ0n) is 12.0. The Labute approximate surface area is 118 Å². The Hall–Kier alpha value is -2.11. The molecule has 2 unspecified atom stereocenters. The van der Waals surface area contributed by atoms with E-state index in [-0.39, 0.29) is 24.5 Å². The Morgan fingerprint density at radius 2 is 2.05 bits per heavy atom. The van der Waals surface area contributed by atoms with E-state index in [2.05, 4.69) is 15.6 Å². The predicted octanol–water partition coefficient (Wildman–Crippen LogP) is 1.80. The van der Waals surface area contributed by atoms with Gasteiger partial charge in [0.2, 0.25) is 0 Å². The summed E-state index contributed by atoms with van der Waals surface area (Å²) in [6.45, 7) is 5.58. The van der Waals surface area contributed by atoms with Crippen LogP contribution in [-0.4, -0.2) is 28.6 Å². The van der Waals surface area contributed by atoms with Crippen LogP contribution in [0.25, 0.3) is 0 Å². The zero-order valence-corrected chi connectivity index (χ0v) is 12.0. The number of rotatable bonds is 6. The molecule has 0 aliphatic heterocycles. The summed E-state index contributed by atoms with van der Waals surface area (Å²) in [6.07, 6.45) is 3.34. The second-order valence-corrected chi connectivity index (χ2v) is 5.05. The van der Waals surface area contributed by atoms with Crippen molar-refractivity contribution in [2.45, 2.75) is 26.8 Å². The molecule has 6 heteroatoms. The molecule has 0 aliphatic carbocycles. The third-order valence-corrected chi connectivity index (χ3v) is 3.14. The van der Waals surface area contributed by atoms with Gasteiger partial charge in [-0.15, -0.1) is 0 Å². The summed E-state index contributed by atoms with van der Waals surface area (Å²) in [7, 11) is 0. The standard InChI is InChI=1S/C14H21N3O3/c1-9(2)12(13(18)19)8-16-14(20)17-10(3)11-5-4-6-15-7-11/h4-7,9-10,12H,8H2,1-3H3,(H,18,19)(H2,16,17,20). The first kappa shape index (κ1) is 15.9. The number of pyridine rings is 1. The molecule has 0 saturated carbocycles. The van der Waals surface area contributed by atoms with Gasteiger partial charge in [0.1, 0.15) is 0 Å². The molecule has 1 aromatic rings. The summed E-state index contributed by atoms with van der Waals surface area (Å²) in [5, 5.41) is 14.4. The van der Waals surface area contributed by atoms with E-state index in [4.69, 9.17) is 5.11 Å². The van der Waals surface area contributed by atoms with Crippen LogP contribution in [0.2, 0.25) is 0 Å².